The molecule has 0 radical (unpaired) electrons. The number of rotatable bonds is 3. The van der Waals surface area contributed by atoms with Crippen molar-refractivity contribution in [3.8, 4) is 0 Å². The predicted octanol–water partition coefficient (Wildman–Crippen LogP) is 3.50. The Morgan fingerprint density at radius 3 is 2.80 bits per heavy atom. The first-order chi connectivity index (χ1) is 9.47. The van der Waals surface area contributed by atoms with Crippen LogP contribution in [-0.4, -0.2) is 19.1 Å². The molecule has 5 heteroatoms. The molecule has 1 fully saturated rings. The molecular weight excluding hydrogens is 265 g/mol. The summed E-state index contributed by atoms with van der Waals surface area (Å²) >= 11 is 0. The van der Waals surface area contributed by atoms with Crippen molar-refractivity contribution >= 4 is 0 Å². The molecule has 1 heterocycles. The second-order valence-corrected chi connectivity index (χ2v) is 5.39. The molecule has 2 unspecified atom stereocenters. The van der Waals surface area contributed by atoms with Gasteiger partial charge in [-0.05, 0) is 57.0 Å². The molecule has 20 heavy (non-hydrogen) atoms. The van der Waals surface area contributed by atoms with E-state index in [4.69, 9.17) is 0 Å². The van der Waals surface area contributed by atoms with Gasteiger partial charge in [0.05, 0.1) is 5.56 Å². The van der Waals surface area contributed by atoms with Crippen molar-refractivity contribution in [2.45, 2.75) is 44.4 Å². The zero-order valence-electron chi connectivity index (χ0n) is 11.6. The average Bonchev–Trinajstić information content (AvgIpc) is 2.66. The normalized spacial score (nSPS) is 22.3. The van der Waals surface area contributed by atoms with Crippen LogP contribution in [0.2, 0.25) is 0 Å². The summed E-state index contributed by atoms with van der Waals surface area (Å²) in [7, 11) is 0. The minimum atomic E-state index is -4.28. The first-order valence-corrected chi connectivity index (χ1v) is 7.11. The van der Waals surface area contributed by atoms with Gasteiger partial charge >= 0.3 is 6.18 Å². The molecule has 2 nitrogen and oxygen atoms in total. The Bertz CT molecular complexity index is 423. The molecule has 0 spiro atoms. The minimum absolute atomic E-state index is 0.0691. The van der Waals surface area contributed by atoms with Gasteiger partial charge in [0.1, 0.15) is 0 Å². The molecule has 1 aliphatic heterocycles. The van der Waals surface area contributed by atoms with Crippen molar-refractivity contribution in [3.05, 3.63) is 35.4 Å². The molecule has 0 aliphatic carbocycles. The maximum atomic E-state index is 12.7. The Morgan fingerprint density at radius 1 is 1.25 bits per heavy atom. The summed E-state index contributed by atoms with van der Waals surface area (Å²) in [4.78, 5) is 0. The van der Waals surface area contributed by atoms with E-state index in [2.05, 4.69) is 10.6 Å². The second kappa shape index (κ2) is 6.59. The van der Waals surface area contributed by atoms with Crippen molar-refractivity contribution in [1.82, 2.24) is 10.6 Å². The highest BCUT2D eigenvalue weighted by atomic mass is 19.4. The molecule has 0 amide bonds. The van der Waals surface area contributed by atoms with Crippen molar-refractivity contribution in [3.63, 3.8) is 0 Å². The Kier molecular flexibility index (Phi) is 5.05. The molecule has 1 aromatic rings. The maximum absolute atomic E-state index is 12.7. The fourth-order valence-corrected chi connectivity index (χ4v) is 2.62. The smallest absolute Gasteiger partial charge is 0.317 e. The van der Waals surface area contributed by atoms with Crippen LogP contribution in [0.25, 0.3) is 0 Å². The second-order valence-electron chi connectivity index (χ2n) is 5.39. The van der Waals surface area contributed by atoms with Gasteiger partial charge < -0.3 is 10.6 Å². The standard InChI is InChI=1S/C15H21F3N2/c1-11(20-14-6-3-8-19-9-7-14)12-4-2-5-13(10-12)15(16,17)18/h2,4-5,10-11,14,19-20H,3,6-9H2,1H3. The van der Waals surface area contributed by atoms with E-state index in [1.807, 2.05) is 6.92 Å². The summed E-state index contributed by atoms with van der Waals surface area (Å²) in [5, 5.41) is 6.78. The maximum Gasteiger partial charge on any atom is 0.416 e. The number of halogens is 3. The molecule has 0 saturated carbocycles. The van der Waals surface area contributed by atoms with Crippen LogP contribution in [0.5, 0.6) is 0 Å². The van der Waals surface area contributed by atoms with Crippen LogP contribution >= 0.6 is 0 Å². The number of benzene rings is 1. The molecule has 2 rings (SSSR count). The summed E-state index contributed by atoms with van der Waals surface area (Å²) in [6, 6.07) is 5.89. The van der Waals surface area contributed by atoms with Crippen LogP contribution in [0, 0.1) is 0 Å². The summed E-state index contributed by atoms with van der Waals surface area (Å²) in [6.07, 6.45) is -1.09. The van der Waals surface area contributed by atoms with Gasteiger partial charge in [-0.1, -0.05) is 12.1 Å². The summed E-state index contributed by atoms with van der Waals surface area (Å²) in [5.41, 5.74) is 0.114. The number of alkyl halides is 3. The van der Waals surface area contributed by atoms with Gasteiger partial charge in [-0.25, -0.2) is 0 Å². The molecule has 1 saturated heterocycles. The Balaban J connectivity index is 2.03. The molecule has 0 bridgehead atoms. The monoisotopic (exact) mass is 286 g/mol. The molecule has 2 atom stereocenters. The number of nitrogens with one attached hydrogen (secondary N) is 2. The van der Waals surface area contributed by atoms with Gasteiger partial charge in [-0.15, -0.1) is 0 Å². The van der Waals surface area contributed by atoms with Gasteiger partial charge in [-0.2, -0.15) is 13.2 Å². The van der Waals surface area contributed by atoms with Gasteiger partial charge in [0, 0.05) is 12.1 Å². The quantitative estimate of drug-likeness (QED) is 0.888. The zero-order valence-corrected chi connectivity index (χ0v) is 11.6. The van der Waals surface area contributed by atoms with Crippen LogP contribution in [0.3, 0.4) is 0 Å². The van der Waals surface area contributed by atoms with E-state index in [0.29, 0.717) is 11.6 Å². The van der Waals surface area contributed by atoms with Crippen molar-refractivity contribution in [2.75, 3.05) is 13.1 Å². The molecule has 1 aromatic carbocycles. The Labute approximate surface area is 117 Å². The van der Waals surface area contributed by atoms with Gasteiger partial charge in [0.2, 0.25) is 0 Å². The predicted molar refractivity (Wildman–Crippen MR) is 73.5 cm³/mol. The lowest BCUT2D eigenvalue weighted by atomic mass is 10.0. The fourth-order valence-electron chi connectivity index (χ4n) is 2.62. The van der Waals surface area contributed by atoms with Crippen molar-refractivity contribution in [2.24, 2.45) is 0 Å². The first-order valence-electron chi connectivity index (χ1n) is 7.11. The molecule has 2 N–H and O–H groups in total. The largest absolute Gasteiger partial charge is 0.416 e. The molecule has 112 valence electrons. The fraction of sp³-hybridized carbons (Fsp3) is 0.600. The van der Waals surface area contributed by atoms with Crippen LogP contribution in [0.1, 0.15) is 43.4 Å². The zero-order chi connectivity index (χ0) is 14.6. The van der Waals surface area contributed by atoms with E-state index in [1.54, 1.807) is 6.07 Å². The summed E-state index contributed by atoms with van der Waals surface area (Å²) in [6.45, 7) is 3.91. The first kappa shape index (κ1) is 15.3. The third-order valence-corrected chi connectivity index (χ3v) is 3.78. The van der Waals surface area contributed by atoms with E-state index >= 15 is 0 Å². The van der Waals surface area contributed by atoms with E-state index in [1.165, 1.54) is 12.1 Å². The molecule has 1 aliphatic rings. The van der Waals surface area contributed by atoms with Gasteiger partial charge in [0.15, 0.2) is 0 Å². The van der Waals surface area contributed by atoms with Crippen molar-refractivity contribution in [1.29, 1.82) is 0 Å². The van der Waals surface area contributed by atoms with Crippen LogP contribution in [-0.2, 0) is 6.18 Å². The van der Waals surface area contributed by atoms with Gasteiger partial charge in [0.25, 0.3) is 0 Å². The van der Waals surface area contributed by atoms with Crippen LogP contribution in [0.15, 0.2) is 24.3 Å². The highest BCUT2D eigenvalue weighted by molar-refractivity contribution is 5.27. The Hall–Kier alpha value is -1.07. The third-order valence-electron chi connectivity index (χ3n) is 3.78. The van der Waals surface area contributed by atoms with E-state index < -0.39 is 11.7 Å². The topological polar surface area (TPSA) is 24.1 Å². The lowest BCUT2D eigenvalue weighted by Gasteiger charge is -2.22. The highest BCUT2D eigenvalue weighted by Crippen LogP contribution is 2.30. The average molecular weight is 286 g/mol. The van der Waals surface area contributed by atoms with E-state index in [0.717, 1.165) is 38.4 Å². The number of hydrogen-bond donors (Lipinski definition) is 2. The lowest BCUT2D eigenvalue weighted by molar-refractivity contribution is -0.137. The van der Waals surface area contributed by atoms with Crippen molar-refractivity contribution < 1.29 is 13.2 Å². The Morgan fingerprint density at radius 2 is 2.05 bits per heavy atom. The third kappa shape index (κ3) is 4.21. The molecular formula is C15H21F3N2. The highest BCUT2D eigenvalue weighted by Gasteiger charge is 2.30. The molecule has 0 aromatic heterocycles. The number of hydrogen-bond acceptors (Lipinski definition) is 2. The summed E-state index contributed by atoms with van der Waals surface area (Å²) in [5.74, 6) is 0. The van der Waals surface area contributed by atoms with E-state index in [9.17, 15) is 13.2 Å². The van der Waals surface area contributed by atoms with Gasteiger partial charge in [-0.3, -0.25) is 0 Å². The summed E-state index contributed by atoms with van der Waals surface area (Å²) < 4.78 is 38.1. The SMILES string of the molecule is CC(NC1CCCNCC1)c1cccc(C(F)(F)F)c1. The van der Waals surface area contributed by atoms with Crippen LogP contribution in [0.4, 0.5) is 13.2 Å². The van der Waals surface area contributed by atoms with Crippen LogP contribution < -0.4 is 10.6 Å². The minimum Gasteiger partial charge on any atom is -0.317 e. The lowest BCUT2D eigenvalue weighted by Crippen LogP contribution is -2.32. The van der Waals surface area contributed by atoms with E-state index in [-0.39, 0.29) is 6.04 Å².